The monoisotopic (exact) mass is 230 g/mol. The maximum Gasteiger partial charge on any atom is 0.00207 e. The Morgan fingerprint density at radius 3 is 2.00 bits per heavy atom. The van der Waals surface area contributed by atoms with Crippen LogP contribution < -0.4 is 10.6 Å². The molecule has 0 aliphatic carbocycles. The van der Waals surface area contributed by atoms with E-state index in [1.807, 2.05) is 0 Å². The highest BCUT2D eigenvalue weighted by Crippen LogP contribution is 2.33. The first-order valence-corrected chi connectivity index (χ1v) is 6.95. The highest BCUT2D eigenvalue weighted by atomic mass is 14.9. The Hall–Kier alpha value is -0.860. The number of benzene rings is 1. The van der Waals surface area contributed by atoms with Gasteiger partial charge >= 0.3 is 0 Å². The minimum atomic E-state index is 0.751. The van der Waals surface area contributed by atoms with Crippen molar-refractivity contribution in [3.05, 3.63) is 35.4 Å². The van der Waals surface area contributed by atoms with Crippen molar-refractivity contribution in [2.45, 2.75) is 31.1 Å². The molecule has 2 aliphatic heterocycles. The molecule has 0 amide bonds. The number of hydrogen-bond acceptors (Lipinski definition) is 2. The van der Waals surface area contributed by atoms with Gasteiger partial charge in [0.1, 0.15) is 0 Å². The second-order valence-electron chi connectivity index (χ2n) is 5.34. The molecule has 1 unspecified atom stereocenters. The van der Waals surface area contributed by atoms with E-state index >= 15 is 0 Å². The zero-order valence-corrected chi connectivity index (χ0v) is 10.4. The van der Waals surface area contributed by atoms with E-state index < -0.39 is 0 Å². The molecule has 92 valence electrons. The standard InChI is InChI=1S/C15H22N2/c1-2-4-15(13-7-10-17-11-13)14(3-1)12-5-8-16-9-6-12/h1-4,12-13,16-17H,5-11H2. The molecule has 2 heterocycles. The Balaban J connectivity index is 1.86. The highest BCUT2D eigenvalue weighted by molar-refractivity contribution is 5.34. The van der Waals surface area contributed by atoms with Gasteiger partial charge in [-0.15, -0.1) is 0 Å². The topological polar surface area (TPSA) is 24.1 Å². The molecular weight excluding hydrogens is 208 g/mol. The number of piperidine rings is 1. The lowest BCUT2D eigenvalue weighted by atomic mass is 9.83. The van der Waals surface area contributed by atoms with E-state index in [9.17, 15) is 0 Å². The Morgan fingerprint density at radius 1 is 0.765 bits per heavy atom. The normalized spacial score (nSPS) is 26.2. The Morgan fingerprint density at radius 2 is 1.35 bits per heavy atom. The van der Waals surface area contributed by atoms with Crippen LogP contribution in [0.25, 0.3) is 0 Å². The Labute approximate surface area is 104 Å². The van der Waals surface area contributed by atoms with Crippen LogP contribution in [0.3, 0.4) is 0 Å². The minimum absolute atomic E-state index is 0.751. The van der Waals surface area contributed by atoms with Gasteiger partial charge in [0.05, 0.1) is 0 Å². The molecule has 1 atom stereocenters. The molecule has 3 rings (SSSR count). The predicted octanol–water partition coefficient (Wildman–Crippen LogP) is 2.23. The molecule has 0 saturated carbocycles. The van der Waals surface area contributed by atoms with E-state index in [0.717, 1.165) is 11.8 Å². The fourth-order valence-electron chi connectivity index (χ4n) is 3.31. The number of rotatable bonds is 2. The maximum atomic E-state index is 3.49. The van der Waals surface area contributed by atoms with Crippen molar-refractivity contribution < 1.29 is 0 Å². The third-order valence-corrected chi connectivity index (χ3v) is 4.28. The van der Waals surface area contributed by atoms with E-state index in [0.29, 0.717) is 0 Å². The van der Waals surface area contributed by atoms with E-state index in [4.69, 9.17) is 0 Å². The first kappa shape index (κ1) is 11.2. The van der Waals surface area contributed by atoms with Crippen LogP contribution in [-0.4, -0.2) is 26.2 Å². The summed E-state index contributed by atoms with van der Waals surface area (Å²) < 4.78 is 0. The molecule has 2 N–H and O–H groups in total. The summed E-state index contributed by atoms with van der Waals surface area (Å²) >= 11 is 0. The van der Waals surface area contributed by atoms with Gasteiger partial charge in [-0.1, -0.05) is 24.3 Å². The fourth-order valence-corrected chi connectivity index (χ4v) is 3.31. The number of nitrogens with one attached hydrogen (secondary N) is 2. The summed E-state index contributed by atoms with van der Waals surface area (Å²) in [6, 6.07) is 9.14. The first-order valence-electron chi connectivity index (χ1n) is 6.95. The fraction of sp³-hybridized carbons (Fsp3) is 0.600. The molecule has 2 fully saturated rings. The van der Waals surface area contributed by atoms with Crippen molar-refractivity contribution >= 4 is 0 Å². The lowest BCUT2D eigenvalue weighted by Crippen LogP contribution is -2.27. The lowest BCUT2D eigenvalue weighted by molar-refractivity contribution is 0.456. The molecule has 0 aromatic heterocycles. The van der Waals surface area contributed by atoms with Crippen LogP contribution in [0.5, 0.6) is 0 Å². The molecule has 2 heteroatoms. The zero-order chi connectivity index (χ0) is 11.5. The summed E-state index contributed by atoms with van der Waals surface area (Å²) in [5.74, 6) is 1.54. The van der Waals surface area contributed by atoms with Crippen molar-refractivity contribution in [1.29, 1.82) is 0 Å². The van der Waals surface area contributed by atoms with E-state index in [-0.39, 0.29) is 0 Å². The molecule has 2 nitrogen and oxygen atoms in total. The summed E-state index contributed by atoms with van der Waals surface area (Å²) in [4.78, 5) is 0. The molecule has 1 aromatic rings. The molecule has 2 aliphatic rings. The van der Waals surface area contributed by atoms with Crippen molar-refractivity contribution in [2.75, 3.05) is 26.2 Å². The van der Waals surface area contributed by atoms with Crippen molar-refractivity contribution in [1.82, 2.24) is 10.6 Å². The Kier molecular flexibility index (Phi) is 3.44. The average Bonchev–Trinajstić information content (AvgIpc) is 2.94. The van der Waals surface area contributed by atoms with E-state index in [1.54, 1.807) is 11.1 Å². The van der Waals surface area contributed by atoms with E-state index in [2.05, 4.69) is 34.9 Å². The van der Waals surface area contributed by atoms with Gasteiger partial charge < -0.3 is 10.6 Å². The van der Waals surface area contributed by atoms with Crippen LogP contribution in [0.2, 0.25) is 0 Å². The van der Waals surface area contributed by atoms with Crippen LogP contribution in [0.15, 0.2) is 24.3 Å². The molecule has 17 heavy (non-hydrogen) atoms. The highest BCUT2D eigenvalue weighted by Gasteiger charge is 2.23. The lowest BCUT2D eigenvalue weighted by Gasteiger charge is -2.26. The van der Waals surface area contributed by atoms with Gasteiger partial charge in [0.25, 0.3) is 0 Å². The van der Waals surface area contributed by atoms with Crippen LogP contribution in [0, 0.1) is 0 Å². The molecule has 0 radical (unpaired) electrons. The van der Waals surface area contributed by atoms with Crippen LogP contribution in [0.1, 0.15) is 42.2 Å². The summed E-state index contributed by atoms with van der Waals surface area (Å²) in [6.45, 7) is 4.72. The number of hydrogen-bond donors (Lipinski definition) is 2. The zero-order valence-electron chi connectivity index (χ0n) is 10.4. The van der Waals surface area contributed by atoms with Gasteiger partial charge in [-0.2, -0.15) is 0 Å². The van der Waals surface area contributed by atoms with Gasteiger partial charge in [-0.3, -0.25) is 0 Å². The second kappa shape index (κ2) is 5.19. The van der Waals surface area contributed by atoms with Gasteiger partial charge in [0.2, 0.25) is 0 Å². The first-order chi connectivity index (χ1) is 8.45. The molecule has 0 spiro atoms. The summed E-state index contributed by atoms with van der Waals surface area (Å²) in [7, 11) is 0. The van der Waals surface area contributed by atoms with Crippen molar-refractivity contribution in [3.63, 3.8) is 0 Å². The van der Waals surface area contributed by atoms with Crippen LogP contribution in [-0.2, 0) is 0 Å². The average molecular weight is 230 g/mol. The Bertz CT molecular complexity index is 363. The van der Waals surface area contributed by atoms with Gasteiger partial charge in [-0.05, 0) is 61.9 Å². The van der Waals surface area contributed by atoms with Gasteiger partial charge in [0, 0.05) is 6.54 Å². The summed E-state index contributed by atoms with van der Waals surface area (Å²) in [5.41, 5.74) is 3.24. The smallest absolute Gasteiger partial charge is 0.00207 e. The third-order valence-electron chi connectivity index (χ3n) is 4.28. The minimum Gasteiger partial charge on any atom is -0.317 e. The maximum absolute atomic E-state index is 3.49. The van der Waals surface area contributed by atoms with Gasteiger partial charge in [-0.25, -0.2) is 0 Å². The second-order valence-corrected chi connectivity index (χ2v) is 5.34. The summed E-state index contributed by atoms with van der Waals surface area (Å²) in [6.07, 6.45) is 3.91. The largest absolute Gasteiger partial charge is 0.317 e. The molecule has 1 aromatic carbocycles. The van der Waals surface area contributed by atoms with Crippen LogP contribution in [0.4, 0.5) is 0 Å². The summed E-state index contributed by atoms with van der Waals surface area (Å²) in [5, 5.41) is 6.95. The molecule has 2 saturated heterocycles. The SMILES string of the molecule is c1ccc(C2CCNC2)c(C2CCNCC2)c1. The van der Waals surface area contributed by atoms with Crippen LogP contribution >= 0.6 is 0 Å². The third kappa shape index (κ3) is 2.38. The van der Waals surface area contributed by atoms with Gasteiger partial charge in [0.15, 0.2) is 0 Å². The predicted molar refractivity (Wildman–Crippen MR) is 71.5 cm³/mol. The quantitative estimate of drug-likeness (QED) is 0.814. The van der Waals surface area contributed by atoms with Crippen molar-refractivity contribution in [2.24, 2.45) is 0 Å². The van der Waals surface area contributed by atoms with Crippen molar-refractivity contribution in [3.8, 4) is 0 Å². The van der Waals surface area contributed by atoms with E-state index in [1.165, 1.54) is 45.4 Å². The molecule has 0 bridgehead atoms. The molecular formula is C15H22N2.